The quantitative estimate of drug-likeness (QED) is 0.756. The zero-order valence-electron chi connectivity index (χ0n) is 12.7. The number of piperazine rings is 1. The van der Waals surface area contributed by atoms with Gasteiger partial charge in [-0.2, -0.15) is 0 Å². The van der Waals surface area contributed by atoms with Crippen molar-refractivity contribution in [2.24, 2.45) is 5.92 Å². The summed E-state index contributed by atoms with van der Waals surface area (Å²) in [6.07, 6.45) is 1.41. The second-order valence-electron chi connectivity index (χ2n) is 6.67. The Morgan fingerprint density at radius 2 is 1.44 bits per heavy atom. The molecule has 3 heteroatoms. The SMILES string of the molecule is CC(C)N1CCN(C[C@@H]2CCN(C(C)C)C2)CC1. The molecular weight excluding hydrogens is 222 g/mol. The summed E-state index contributed by atoms with van der Waals surface area (Å²) in [7, 11) is 0. The molecule has 0 aromatic carbocycles. The van der Waals surface area contributed by atoms with Crippen molar-refractivity contribution in [1.29, 1.82) is 0 Å². The Morgan fingerprint density at radius 1 is 0.833 bits per heavy atom. The van der Waals surface area contributed by atoms with Gasteiger partial charge in [0.1, 0.15) is 0 Å². The molecule has 2 rings (SSSR count). The average Bonchev–Trinajstić information content (AvgIpc) is 2.78. The molecule has 1 atom stereocenters. The molecule has 2 aliphatic rings. The minimum Gasteiger partial charge on any atom is -0.301 e. The maximum Gasteiger partial charge on any atom is 0.0113 e. The summed E-state index contributed by atoms with van der Waals surface area (Å²) >= 11 is 0. The summed E-state index contributed by atoms with van der Waals surface area (Å²) in [5, 5.41) is 0. The van der Waals surface area contributed by atoms with Gasteiger partial charge in [-0.3, -0.25) is 4.90 Å². The van der Waals surface area contributed by atoms with Gasteiger partial charge in [-0.05, 0) is 46.6 Å². The third-order valence-corrected chi connectivity index (χ3v) is 4.70. The summed E-state index contributed by atoms with van der Waals surface area (Å²) in [5.41, 5.74) is 0. The van der Waals surface area contributed by atoms with E-state index in [1.54, 1.807) is 0 Å². The Hall–Kier alpha value is -0.120. The van der Waals surface area contributed by atoms with Gasteiger partial charge >= 0.3 is 0 Å². The third-order valence-electron chi connectivity index (χ3n) is 4.70. The van der Waals surface area contributed by atoms with Crippen molar-refractivity contribution < 1.29 is 0 Å². The Bertz CT molecular complexity index is 244. The van der Waals surface area contributed by atoms with Crippen LogP contribution in [0.1, 0.15) is 34.1 Å². The molecule has 0 saturated carbocycles. The van der Waals surface area contributed by atoms with Gasteiger partial charge in [0, 0.05) is 51.4 Å². The summed E-state index contributed by atoms with van der Waals surface area (Å²) in [4.78, 5) is 7.92. The van der Waals surface area contributed by atoms with Crippen molar-refractivity contribution in [1.82, 2.24) is 14.7 Å². The van der Waals surface area contributed by atoms with Crippen LogP contribution >= 0.6 is 0 Å². The zero-order chi connectivity index (χ0) is 13.1. The van der Waals surface area contributed by atoms with Crippen LogP contribution in [0, 0.1) is 5.92 Å². The minimum atomic E-state index is 0.718. The van der Waals surface area contributed by atoms with Crippen LogP contribution in [-0.2, 0) is 0 Å². The van der Waals surface area contributed by atoms with E-state index in [0.29, 0.717) is 0 Å². The molecule has 2 aliphatic heterocycles. The van der Waals surface area contributed by atoms with Gasteiger partial charge in [0.2, 0.25) is 0 Å². The van der Waals surface area contributed by atoms with Crippen LogP contribution in [0.25, 0.3) is 0 Å². The maximum absolute atomic E-state index is 2.69. The molecule has 0 aliphatic carbocycles. The predicted octanol–water partition coefficient (Wildman–Crippen LogP) is 1.74. The fourth-order valence-corrected chi connectivity index (χ4v) is 3.31. The lowest BCUT2D eigenvalue weighted by molar-refractivity contribution is 0.0967. The zero-order valence-corrected chi connectivity index (χ0v) is 12.7. The summed E-state index contributed by atoms with van der Waals surface area (Å²) in [6, 6.07) is 1.45. The molecule has 2 heterocycles. The van der Waals surface area contributed by atoms with Crippen LogP contribution in [0.3, 0.4) is 0 Å². The lowest BCUT2D eigenvalue weighted by Gasteiger charge is -2.38. The van der Waals surface area contributed by atoms with Gasteiger partial charge in [-0.25, -0.2) is 0 Å². The average molecular weight is 253 g/mol. The van der Waals surface area contributed by atoms with Crippen molar-refractivity contribution >= 4 is 0 Å². The first-order valence-corrected chi connectivity index (χ1v) is 7.76. The van der Waals surface area contributed by atoms with Crippen LogP contribution in [-0.4, -0.2) is 72.6 Å². The largest absolute Gasteiger partial charge is 0.301 e. The molecule has 0 bridgehead atoms. The second kappa shape index (κ2) is 6.36. The van der Waals surface area contributed by atoms with E-state index in [4.69, 9.17) is 0 Å². The van der Waals surface area contributed by atoms with Crippen molar-refractivity contribution in [3.05, 3.63) is 0 Å². The fraction of sp³-hybridized carbons (Fsp3) is 1.00. The van der Waals surface area contributed by atoms with Gasteiger partial charge in [0.25, 0.3) is 0 Å². The highest BCUT2D eigenvalue weighted by atomic mass is 15.3. The van der Waals surface area contributed by atoms with E-state index < -0.39 is 0 Å². The first kappa shape index (κ1) is 14.3. The number of hydrogen-bond acceptors (Lipinski definition) is 3. The Labute approximate surface area is 113 Å². The Balaban J connectivity index is 1.69. The maximum atomic E-state index is 2.69. The molecule has 2 fully saturated rings. The van der Waals surface area contributed by atoms with Crippen LogP contribution < -0.4 is 0 Å². The molecule has 106 valence electrons. The van der Waals surface area contributed by atoms with E-state index in [1.807, 2.05) is 0 Å². The summed E-state index contributed by atoms with van der Waals surface area (Å²) in [6.45, 7) is 18.3. The third kappa shape index (κ3) is 3.69. The normalized spacial score (nSPS) is 28.7. The van der Waals surface area contributed by atoms with Crippen molar-refractivity contribution in [2.75, 3.05) is 45.8 Å². The molecule has 0 spiro atoms. The van der Waals surface area contributed by atoms with Gasteiger partial charge in [0.05, 0.1) is 0 Å². The minimum absolute atomic E-state index is 0.718. The van der Waals surface area contributed by atoms with E-state index in [1.165, 1.54) is 52.2 Å². The van der Waals surface area contributed by atoms with Gasteiger partial charge in [-0.1, -0.05) is 0 Å². The van der Waals surface area contributed by atoms with Gasteiger partial charge in [-0.15, -0.1) is 0 Å². The van der Waals surface area contributed by atoms with Crippen LogP contribution in [0.2, 0.25) is 0 Å². The van der Waals surface area contributed by atoms with E-state index in [-0.39, 0.29) is 0 Å². The second-order valence-corrected chi connectivity index (χ2v) is 6.67. The van der Waals surface area contributed by atoms with Crippen molar-refractivity contribution in [3.8, 4) is 0 Å². The van der Waals surface area contributed by atoms with Crippen LogP contribution in [0.4, 0.5) is 0 Å². The highest BCUT2D eigenvalue weighted by Crippen LogP contribution is 2.20. The number of hydrogen-bond donors (Lipinski definition) is 0. The summed E-state index contributed by atoms with van der Waals surface area (Å²) in [5.74, 6) is 0.915. The van der Waals surface area contributed by atoms with Crippen LogP contribution in [0.15, 0.2) is 0 Å². The molecule has 0 N–H and O–H groups in total. The predicted molar refractivity (Wildman–Crippen MR) is 78.0 cm³/mol. The van der Waals surface area contributed by atoms with Crippen LogP contribution in [0.5, 0.6) is 0 Å². The molecule has 0 aromatic rings. The molecule has 3 nitrogen and oxygen atoms in total. The molecule has 0 unspecified atom stereocenters. The fourth-order valence-electron chi connectivity index (χ4n) is 3.31. The molecule has 0 amide bonds. The van der Waals surface area contributed by atoms with Gasteiger partial charge < -0.3 is 9.80 Å². The number of likely N-dealkylation sites (tertiary alicyclic amines) is 1. The van der Waals surface area contributed by atoms with E-state index in [9.17, 15) is 0 Å². The number of nitrogens with zero attached hydrogens (tertiary/aromatic N) is 3. The standard InChI is InChI=1S/C15H31N3/c1-13(2)17-9-7-16(8-10-17)11-15-5-6-18(12-15)14(3)4/h13-15H,5-12H2,1-4H3/t15-/m0/s1. The Kier molecular flexibility index (Phi) is 5.05. The van der Waals surface area contributed by atoms with E-state index in [0.717, 1.165) is 18.0 Å². The van der Waals surface area contributed by atoms with Crippen molar-refractivity contribution in [3.63, 3.8) is 0 Å². The lowest BCUT2D eigenvalue weighted by Crippen LogP contribution is -2.50. The number of rotatable bonds is 4. The lowest BCUT2D eigenvalue weighted by atomic mass is 10.1. The van der Waals surface area contributed by atoms with Gasteiger partial charge in [0.15, 0.2) is 0 Å². The first-order valence-electron chi connectivity index (χ1n) is 7.76. The molecule has 2 saturated heterocycles. The van der Waals surface area contributed by atoms with E-state index in [2.05, 4.69) is 42.4 Å². The van der Waals surface area contributed by atoms with Crippen molar-refractivity contribution in [2.45, 2.75) is 46.2 Å². The highest BCUT2D eigenvalue weighted by molar-refractivity contribution is 4.82. The highest BCUT2D eigenvalue weighted by Gasteiger charge is 2.27. The smallest absolute Gasteiger partial charge is 0.0113 e. The topological polar surface area (TPSA) is 9.72 Å². The molecule has 18 heavy (non-hydrogen) atoms. The van der Waals surface area contributed by atoms with E-state index >= 15 is 0 Å². The molecular formula is C15H31N3. The molecule has 0 aromatic heterocycles. The molecule has 0 radical (unpaired) electrons. The first-order chi connectivity index (χ1) is 8.56. The Morgan fingerprint density at radius 3 is 1.94 bits per heavy atom. The summed E-state index contributed by atoms with van der Waals surface area (Å²) < 4.78 is 0. The monoisotopic (exact) mass is 253 g/mol.